The third-order valence-corrected chi connectivity index (χ3v) is 10.7. The summed E-state index contributed by atoms with van der Waals surface area (Å²) in [5, 5.41) is 24.1. The van der Waals surface area contributed by atoms with E-state index in [4.69, 9.17) is 14.8 Å². The smallest absolute Gasteiger partial charge is 0.393 e. The fraction of sp³-hybridized carbons (Fsp3) is 0.927. The lowest BCUT2D eigenvalue weighted by atomic mass is 10.0. The van der Waals surface area contributed by atoms with Crippen LogP contribution in [0.25, 0.3) is 0 Å². The normalized spacial score (nSPS) is 14.9. The Kier molecular flexibility index (Phi) is 36.9. The Labute approximate surface area is 314 Å². The van der Waals surface area contributed by atoms with Crippen LogP contribution in [0.5, 0.6) is 0 Å². The summed E-state index contributed by atoms with van der Waals surface area (Å²) in [4.78, 5) is 22.7. The molecule has 1 amide bonds. The molecular weight excluding hydrogens is 663 g/mol. The van der Waals surface area contributed by atoms with E-state index in [0.29, 0.717) is 12.8 Å². The lowest BCUT2D eigenvalue weighted by molar-refractivity contribution is -0.125. The van der Waals surface area contributed by atoms with Crippen molar-refractivity contribution in [1.82, 2.24) is 5.32 Å². The molecule has 304 valence electrons. The first kappa shape index (κ1) is 50.2. The monoisotopic (exact) mass is 747 g/mol. The van der Waals surface area contributed by atoms with E-state index in [-0.39, 0.29) is 26.2 Å². The number of aliphatic hydroxyl groups is 2. The first-order valence-corrected chi connectivity index (χ1v) is 22.9. The van der Waals surface area contributed by atoms with Crippen molar-refractivity contribution in [2.45, 2.75) is 225 Å². The second-order valence-corrected chi connectivity index (χ2v) is 16.2. The molecular formula is C41H83N2O7P. The molecule has 6 N–H and O–H groups in total. The molecule has 0 spiro atoms. The van der Waals surface area contributed by atoms with E-state index in [1.807, 2.05) is 0 Å². The average molecular weight is 747 g/mol. The fourth-order valence-corrected chi connectivity index (χ4v) is 7.17. The Hall–Kier alpha value is -0.800. The Morgan fingerprint density at radius 3 is 1.51 bits per heavy atom. The highest BCUT2D eigenvalue weighted by Gasteiger charge is 2.28. The summed E-state index contributed by atoms with van der Waals surface area (Å²) in [6.07, 6.45) is 36.8. The molecule has 0 fully saturated rings. The van der Waals surface area contributed by atoms with Gasteiger partial charge in [-0.2, -0.15) is 0 Å². The van der Waals surface area contributed by atoms with Crippen molar-refractivity contribution in [3.8, 4) is 0 Å². The van der Waals surface area contributed by atoms with E-state index in [2.05, 4.69) is 31.3 Å². The molecule has 0 rings (SSSR count). The standard InChI is InChI=1S/C41H83N2O7P/c1-3-5-7-9-11-13-15-17-18-19-20-21-22-24-26-28-30-32-38(44)36-41(46)43-39(37-50-51(47,48)49-35-34-42)40(45)33-31-29-27-25-23-16-14-12-10-8-6-4-2/h19-20,38-40,44-45H,3-18,21-37,42H2,1-2H3,(H,43,46)(H,47,48)/b20-19-. The van der Waals surface area contributed by atoms with Crippen molar-refractivity contribution in [3.63, 3.8) is 0 Å². The fourth-order valence-electron chi connectivity index (χ4n) is 6.41. The van der Waals surface area contributed by atoms with Crippen LogP contribution in [0.4, 0.5) is 0 Å². The summed E-state index contributed by atoms with van der Waals surface area (Å²) in [6, 6.07) is -0.895. The molecule has 4 unspecified atom stereocenters. The molecule has 0 saturated carbocycles. The molecule has 0 heterocycles. The Balaban J connectivity index is 4.26. The van der Waals surface area contributed by atoms with E-state index in [1.165, 1.54) is 128 Å². The van der Waals surface area contributed by atoms with Gasteiger partial charge in [0.1, 0.15) is 0 Å². The number of phosphoric ester groups is 1. The first-order chi connectivity index (χ1) is 24.8. The molecule has 9 nitrogen and oxygen atoms in total. The SMILES string of the molecule is CCCCCCCCCC/C=C\CCCCCCCC(O)CC(=O)NC(COP(=O)(O)OCCN)C(O)CCCCCCCCCCCCCC. The minimum Gasteiger partial charge on any atom is -0.393 e. The van der Waals surface area contributed by atoms with E-state index in [1.54, 1.807) is 0 Å². The van der Waals surface area contributed by atoms with Crippen molar-refractivity contribution < 1.29 is 33.5 Å². The van der Waals surface area contributed by atoms with Gasteiger partial charge in [-0.25, -0.2) is 4.57 Å². The number of nitrogens with two attached hydrogens (primary N) is 1. The number of hydrogen-bond donors (Lipinski definition) is 5. The predicted molar refractivity (Wildman–Crippen MR) is 214 cm³/mol. The zero-order valence-corrected chi connectivity index (χ0v) is 34.1. The van der Waals surface area contributed by atoms with Crippen molar-refractivity contribution >= 4 is 13.7 Å². The van der Waals surface area contributed by atoms with Crippen molar-refractivity contribution in [2.24, 2.45) is 5.73 Å². The van der Waals surface area contributed by atoms with Crippen LogP contribution in [0.2, 0.25) is 0 Å². The third-order valence-electron chi connectivity index (χ3n) is 9.67. The zero-order chi connectivity index (χ0) is 37.7. The number of carbonyl (C=O) groups is 1. The Bertz CT molecular complexity index is 832. The van der Waals surface area contributed by atoms with Gasteiger partial charge in [0.15, 0.2) is 0 Å². The van der Waals surface area contributed by atoms with Crippen LogP contribution in [0.3, 0.4) is 0 Å². The van der Waals surface area contributed by atoms with Crippen LogP contribution in [-0.4, -0.2) is 59.0 Å². The minimum absolute atomic E-state index is 0.0599. The summed E-state index contributed by atoms with van der Waals surface area (Å²) in [5.74, 6) is -0.417. The van der Waals surface area contributed by atoms with Crippen molar-refractivity contribution in [2.75, 3.05) is 19.8 Å². The van der Waals surface area contributed by atoms with E-state index < -0.39 is 32.0 Å². The molecule has 0 aromatic heterocycles. The molecule has 0 aromatic rings. The summed E-state index contributed by atoms with van der Waals surface area (Å²) in [7, 11) is -4.37. The molecule has 0 aromatic carbocycles. The van der Waals surface area contributed by atoms with Crippen LogP contribution >= 0.6 is 7.82 Å². The first-order valence-electron chi connectivity index (χ1n) is 21.4. The van der Waals surface area contributed by atoms with Crippen LogP contribution < -0.4 is 11.1 Å². The molecule has 4 atom stereocenters. The van der Waals surface area contributed by atoms with Gasteiger partial charge < -0.3 is 26.2 Å². The van der Waals surface area contributed by atoms with Gasteiger partial charge in [0.2, 0.25) is 5.91 Å². The highest BCUT2D eigenvalue weighted by molar-refractivity contribution is 7.47. The number of hydrogen-bond acceptors (Lipinski definition) is 7. The number of allylic oxidation sites excluding steroid dienone is 2. The summed E-state index contributed by atoms with van der Waals surface area (Å²) >= 11 is 0. The topological polar surface area (TPSA) is 151 Å². The maximum atomic E-state index is 12.8. The Morgan fingerprint density at radius 1 is 0.647 bits per heavy atom. The van der Waals surface area contributed by atoms with Gasteiger partial charge in [-0.15, -0.1) is 0 Å². The Morgan fingerprint density at radius 2 is 1.06 bits per heavy atom. The molecule has 0 bridgehead atoms. The van der Waals surface area contributed by atoms with Crippen LogP contribution in [0, 0.1) is 0 Å². The maximum absolute atomic E-state index is 12.8. The third kappa shape index (κ3) is 36.0. The van der Waals surface area contributed by atoms with Gasteiger partial charge in [-0.3, -0.25) is 13.8 Å². The quantitative estimate of drug-likeness (QED) is 0.0236. The maximum Gasteiger partial charge on any atom is 0.472 e. The van der Waals surface area contributed by atoms with Crippen LogP contribution in [0.15, 0.2) is 12.2 Å². The number of carbonyl (C=O) groups excluding carboxylic acids is 1. The largest absolute Gasteiger partial charge is 0.472 e. The second kappa shape index (κ2) is 37.5. The van der Waals surface area contributed by atoms with Crippen LogP contribution in [-0.2, 0) is 18.4 Å². The lowest BCUT2D eigenvalue weighted by Crippen LogP contribution is -2.47. The van der Waals surface area contributed by atoms with Crippen molar-refractivity contribution in [1.29, 1.82) is 0 Å². The number of amides is 1. The average Bonchev–Trinajstić information content (AvgIpc) is 3.10. The zero-order valence-electron chi connectivity index (χ0n) is 33.2. The van der Waals surface area contributed by atoms with E-state index in [0.717, 1.165) is 44.9 Å². The summed E-state index contributed by atoms with van der Waals surface area (Å²) in [5.41, 5.74) is 5.36. The van der Waals surface area contributed by atoms with Crippen LogP contribution in [0.1, 0.15) is 206 Å². The predicted octanol–water partition coefficient (Wildman–Crippen LogP) is 10.6. The molecule has 0 aliphatic heterocycles. The van der Waals surface area contributed by atoms with E-state index >= 15 is 0 Å². The lowest BCUT2D eigenvalue weighted by Gasteiger charge is -2.25. The molecule has 0 saturated heterocycles. The molecule has 0 aliphatic carbocycles. The number of unbranched alkanes of at least 4 members (excludes halogenated alkanes) is 24. The number of nitrogens with one attached hydrogen (secondary N) is 1. The molecule has 51 heavy (non-hydrogen) atoms. The summed E-state index contributed by atoms with van der Waals surface area (Å²) in [6.45, 7) is 4.04. The summed E-state index contributed by atoms with van der Waals surface area (Å²) < 4.78 is 22.1. The van der Waals surface area contributed by atoms with Gasteiger partial charge in [0.05, 0.1) is 37.9 Å². The van der Waals surface area contributed by atoms with E-state index in [9.17, 15) is 24.5 Å². The van der Waals surface area contributed by atoms with Gasteiger partial charge in [-0.05, 0) is 38.5 Å². The number of aliphatic hydroxyl groups excluding tert-OH is 2. The minimum atomic E-state index is -4.37. The highest BCUT2D eigenvalue weighted by atomic mass is 31.2. The van der Waals surface area contributed by atoms with Gasteiger partial charge >= 0.3 is 7.82 Å². The van der Waals surface area contributed by atoms with Gasteiger partial charge in [-0.1, -0.05) is 174 Å². The number of rotatable bonds is 40. The highest BCUT2D eigenvalue weighted by Crippen LogP contribution is 2.43. The molecule has 10 heteroatoms. The second-order valence-electron chi connectivity index (χ2n) is 14.7. The van der Waals surface area contributed by atoms with Gasteiger partial charge in [0, 0.05) is 6.54 Å². The van der Waals surface area contributed by atoms with Crippen molar-refractivity contribution in [3.05, 3.63) is 12.2 Å². The molecule has 0 radical (unpaired) electrons. The number of phosphoric acid groups is 1. The molecule has 0 aliphatic rings. The van der Waals surface area contributed by atoms with Gasteiger partial charge in [0.25, 0.3) is 0 Å².